The summed E-state index contributed by atoms with van der Waals surface area (Å²) in [5, 5.41) is 0. The van der Waals surface area contributed by atoms with Crippen molar-refractivity contribution >= 4 is 5.97 Å². The number of carbonyl (C=O) groups is 1. The Morgan fingerprint density at radius 3 is 1.77 bits per heavy atom. The molecule has 1 aromatic heterocycles. The monoisotopic (exact) mass is 411 g/mol. The molecule has 1 atom stereocenters. The lowest BCUT2D eigenvalue weighted by atomic mass is 9.67. The van der Waals surface area contributed by atoms with Crippen LogP contribution in [0.25, 0.3) is 0 Å². The van der Waals surface area contributed by atoms with Crippen LogP contribution >= 0.6 is 0 Å². The third-order valence-electron chi connectivity index (χ3n) is 5.57. The van der Waals surface area contributed by atoms with Crippen LogP contribution in [0.15, 0.2) is 97.2 Å². The van der Waals surface area contributed by atoms with E-state index in [1.54, 1.807) is 0 Å². The molecule has 4 rings (SSSR count). The zero-order valence-electron chi connectivity index (χ0n) is 17.4. The van der Waals surface area contributed by atoms with Crippen molar-refractivity contribution in [1.82, 2.24) is 9.97 Å². The van der Waals surface area contributed by atoms with E-state index in [-0.39, 0.29) is 6.42 Å². The van der Waals surface area contributed by atoms with E-state index < -0.39 is 17.4 Å². The summed E-state index contributed by atoms with van der Waals surface area (Å²) in [4.78, 5) is 19.8. The van der Waals surface area contributed by atoms with E-state index in [9.17, 15) is 4.79 Å². The van der Waals surface area contributed by atoms with Crippen molar-refractivity contribution in [3.05, 3.63) is 125 Å². The molecule has 0 amide bonds. The first-order chi connectivity index (χ1) is 15.2. The van der Waals surface area contributed by atoms with Gasteiger partial charge in [0.05, 0.1) is 18.2 Å². The predicted molar refractivity (Wildman–Crippen MR) is 121 cm³/mol. The Kier molecular flexibility index (Phi) is 5.96. The molecule has 0 saturated carbocycles. The van der Waals surface area contributed by atoms with E-state index in [0.29, 0.717) is 5.82 Å². The fraction of sp³-hybridized carbons (Fsp3) is 0.154. The van der Waals surface area contributed by atoms with Gasteiger partial charge in [0, 0.05) is 12.6 Å². The van der Waals surface area contributed by atoms with E-state index in [4.69, 9.17) is 10.5 Å². The number of nitrogens with two attached hydrogens (primary N) is 1. The number of hydrogen-bond acceptors (Lipinski definition) is 4. The van der Waals surface area contributed by atoms with Gasteiger partial charge in [0.1, 0.15) is 11.9 Å². The lowest BCUT2D eigenvalue weighted by Crippen LogP contribution is -2.34. The number of ether oxygens (including phenoxy) is 1. The highest BCUT2D eigenvalue weighted by Crippen LogP contribution is 2.44. The Bertz CT molecular complexity index is 1030. The molecule has 3 aromatic carbocycles. The second-order valence-electron chi connectivity index (χ2n) is 7.43. The van der Waals surface area contributed by atoms with Crippen LogP contribution in [0.2, 0.25) is 0 Å². The van der Waals surface area contributed by atoms with Gasteiger partial charge in [0.2, 0.25) is 0 Å². The Labute approximate surface area is 181 Å². The average molecular weight is 412 g/mol. The van der Waals surface area contributed by atoms with Crippen molar-refractivity contribution in [1.29, 1.82) is 0 Å². The van der Waals surface area contributed by atoms with Crippen LogP contribution in [0.5, 0.6) is 0 Å². The fourth-order valence-electron chi connectivity index (χ4n) is 4.13. The average Bonchev–Trinajstić information content (AvgIpc) is 3.29. The number of imidazole rings is 1. The number of nitrogens with one attached hydrogen (secondary N) is 1. The Morgan fingerprint density at radius 1 is 0.903 bits per heavy atom. The molecule has 0 radical (unpaired) electrons. The van der Waals surface area contributed by atoms with Crippen molar-refractivity contribution in [3.8, 4) is 0 Å². The second kappa shape index (κ2) is 8.98. The van der Waals surface area contributed by atoms with E-state index in [0.717, 1.165) is 22.4 Å². The van der Waals surface area contributed by atoms with Gasteiger partial charge in [0.15, 0.2) is 0 Å². The number of methoxy groups -OCH3 is 1. The Hall–Kier alpha value is -3.70. The summed E-state index contributed by atoms with van der Waals surface area (Å²) in [6.45, 7) is 0. The van der Waals surface area contributed by atoms with Gasteiger partial charge in [-0.15, -0.1) is 0 Å². The van der Waals surface area contributed by atoms with E-state index in [1.807, 2.05) is 60.8 Å². The zero-order valence-corrected chi connectivity index (χ0v) is 17.4. The van der Waals surface area contributed by atoms with Crippen LogP contribution in [0.1, 0.15) is 28.2 Å². The number of H-pyrrole nitrogens is 1. The SMILES string of the molecule is COC(=O)C(N)Cc1ncc(C(c2ccccc2)(c2ccccc2)c2ccccc2)[nH]1. The molecule has 0 aliphatic heterocycles. The van der Waals surface area contributed by atoms with Crippen LogP contribution < -0.4 is 5.73 Å². The van der Waals surface area contributed by atoms with Gasteiger partial charge in [-0.2, -0.15) is 0 Å². The molecule has 156 valence electrons. The molecule has 1 unspecified atom stereocenters. The number of carbonyl (C=O) groups excluding carboxylic acids is 1. The van der Waals surface area contributed by atoms with Crippen molar-refractivity contribution in [2.75, 3.05) is 7.11 Å². The first-order valence-corrected chi connectivity index (χ1v) is 10.2. The predicted octanol–water partition coefficient (Wildman–Crippen LogP) is 3.84. The fourth-order valence-corrected chi connectivity index (χ4v) is 4.13. The topological polar surface area (TPSA) is 81.0 Å². The summed E-state index contributed by atoms with van der Waals surface area (Å²) >= 11 is 0. The smallest absolute Gasteiger partial charge is 0.323 e. The molecule has 31 heavy (non-hydrogen) atoms. The molecule has 4 aromatic rings. The van der Waals surface area contributed by atoms with Gasteiger partial charge in [-0.3, -0.25) is 4.79 Å². The minimum Gasteiger partial charge on any atom is -0.468 e. The van der Waals surface area contributed by atoms with Crippen LogP contribution in [-0.4, -0.2) is 29.1 Å². The van der Waals surface area contributed by atoms with Gasteiger partial charge in [-0.05, 0) is 16.7 Å². The van der Waals surface area contributed by atoms with Gasteiger partial charge < -0.3 is 15.5 Å². The minimum absolute atomic E-state index is 0.265. The number of hydrogen-bond donors (Lipinski definition) is 2. The van der Waals surface area contributed by atoms with Crippen LogP contribution in [0.3, 0.4) is 0 Å². The minimum atomic E-state index is -0.774. The van der Waals surface area contributed by atoms with Crippen molar-refractivity contribution < 1.29 is 9.53 Å². The Morgan fingerprint density at radius 2 is 1.35 bits per heavy atom. The molecule has 5 nitrogen and oxygen atoms in total. The van der Waals surface area contributed by atoms with Crippen molar-refractivity contribution in [2.24, 2.45) is 5.73 Å². The van der Waals surface area contributed by atoms with Crippen molar-refractivity contribution in [2.45, 2.75) is 17.9 Å². The molecule has 0 bridgehead atoms. The maximum Gasteiger partial charge on any atom is 0.323 e. The number of nitrogens with zero attached hydrogens (tertiary/aromatic N) is 1. The van der Waals surface area contributed by atoms with E-state index >= 15 is 0 Å². The first-order valence-electron chi connectivity index (χ1n) is 10.2. The number of esters is 1. The molecular weight excluding hydrogens is 386 g/mol. The van der Waals surface area contributed by atoms with Gasteiger partial charge in [0.25, 0.3) is 0 Å². The summed E-state index contributed by atoms with van der Waals surface area (Å²) in [5.74, 6) is 0.179. The highest BCUT2D eigenvalue weighted by molar-refractivity contribution is 5.75. The van der Waals surface area contributed by atoms with Crippen LogP contribution in [0, 0.1) is 0 Å². The molecular formula is C26H25N3O2. The van der Waals surface area contributed by atoms with Crippen LogP contribution in [0.4, 0.5) is 0 Å². The number of aromatic nitrogens is 2. The summed E-state index contributed by atoms with van der Waals surface area (Å²) < 4.78 is 4.76. The molecule has 0 fully saturated rings. The molecule has 5 heteroatoms. The van der Waals surface area contributed by atoms with Gasteiger partial charge in [-0.1, -0.05) is 91.0 Å². The maximum atomic E-state index is 11.8. The zero-order chi connectivity index (χ0) is 21.7. The largest absolute Gasteiger partial charge is 0.468 e. The number of benzene rings is 3. The summed E-state index contributed by atoms with van der Waals surface area (Å²) in [6, 6.07) is 30.3. The quantitative estimate of drug-likeness (QED) is 0.358. The number of rotatable bonds is 7. The maximum absolute atomic E-state index is 11.8. The van der Waals surface area contributed by atoms with Gasteiger partial charge >= 0.3 is 5.97 Å². The number of aromatic amines is 1. The standard InChI is InChI=1S/C26H25N3O2/c1-31-25(30)22(27)17-24-28-18-23(29-24)26(19-11-5-2-6-12-19,20-13-7-3-8-14-20)21-15-9-4-10-16-21/h2-16,18,22H,17,27H2,1H3,(H,28,29). The molecule has 0 saturated heterocycles. The van der Waals surface area contributed by atoms with Gasteiger partial charge in [-0.25, -0.2) is 4.98 Å². The first kappa shape index (κ1) is 20.6. The molecule has 1 heterocycles. The Balaban J connectivity index is 1.93. The normalized spacial score (nSPS) is 12.3. The second-order valence-corrected chi connectivity index (χ2v) is 7.43. The molecule has 0 spiro atoms. The third kappa shape index (κ3) is 3.88. The van der Waals surface area contributed by atoms with Crippen LogP contribution in [-0.2, 0) is 21.4 Å². The summed E-state index contributed by atoms with van der Waals surface area (Å²) in [5.41, 5.74) is 9.61. The molecule has 0 aliphatic rings. The lowest BCUT2D eigenvalue weighted by molar-refractivity contribution is -0.142. The molecule has 0 aliphatic carbocycles. The van der Waals surface area contributed by atoms with E-state index in [2.05, 4.69) is 46.4 Å². The van der Waals surface area contributed by atoms with E-state index in [1.165, 1.54) is 7.11 Å². The lowest BCUT2D eigenvalue weighted by Gasteiger charge is -2.35. The third-order valence-corrected chi connectivity index (χ3v) is 5.57. The highest BCUT2D eigenvalue weighted by Gasteiger charge is 2.40. The highest BCUT2D eigenvalue weighted by atomic mass is 16.5. The summed E-state index contributed by atoms with van der Waals surface area (Å²) in [6.07, 6.45) is 2.10. The van der Waals surface area contributed by atoms with Crippen molar-refractivity contribution in [3.63, 3.8) is 0 Å². The summed E-state index contributed by atoms with van der Waals surface area (Å²) in [7, 11) is 1.33. The molecule has 3 N–H and O–H groups in total.